The maximum Gasteiger partial charge on any atom is 0.205 e. The molecule has 0 saturated carbocycles. The van der Waals surface area contributed by atoms with Crippen molar-refractivity contribution < 1.29 is 9.47 Å². The summed E-state index contributed by atoms with van der Waals surface area (Å²) in [6.07, 6.45) is 4.86. The Balaban J connectivity index is 1.34. The molecule has 2 aliphatic rings. The van der Waals surface area contributed by atoms with E-state index in [0.717, 1.165) is 86.0 Å². The number of nitrogens with zero attached hydrogens (tertiary/aromatic N) is 4. The number of anilines is 2. The van der Waals surface area contributed by atoms with E-state index in [-0.39, 0.29) is 12.2 Å². The first-order chi connectivity index (χ1) is 16.3. The average Bonchev–Trinajstić information content (AvgIpc) is 3.64. The fraction of sp³-hybridized carbons (Fsp3) is 0.440. The molecule has 8 heteroatoms. The molecule has 2 atom stereocenters. The Kier molecular flexibility index (Phi) is 5.61. The highest BCUT2D eigenvalue weighted by Crippen LogP contribution is 2.25. The molecule has 0 bridgehead atoms. The van der Waals surface area contributed by atoms with Crippen molar-refractivity contribution in [2.75, 3.05) is 36.5 Å². The molecule has 0 amide bonds. The van der Waals surface area contributed by atoms with Gasteiger partial charge in [-0.15, -0.1) is 0 Å². The molecule has 33 heavy (non-hydrogen) atoms. The number of aromatic nitrogens is 4. The predicted molar refractivity (Wildman–Crippen MR) is 130 cm³/mol. The van der Waals surface area contributed by atoms with Crippen LogP contribution >= 0.6 is 0 Å². The Morgan fingerprint density at radius 3 is 2.48 bits per heavy atom. The minimum atomic E-state index is 0.205. The lowest BCUT2D eigenvalue weighted by atomic mass is 10.2. The van der Waals surface area contributed by atoms with Gasteiger partial charge in [0, 0.05) is 26.3 Å². The standard InChI is InChI=1S/C25H30N6O2/c1-2-10-21-20(9-1)27-25(28-21)30(16-19-8-6-14-33-19)17-31-23-12-4-3-11-22(23)29-24(31)26-15-18-7-5-13-32-18/h1-4,9-12,18-19H,5-8,13-17H2,(H,26,29)(H,27,28)/t18-,19-/m0/s1. The first-order valence-electron chi connectivity index (χ1n) is 12.0. The number of ether oxygens (including phenoxy) is 2. The van der Waals surface area contributed by atoms with Crippen LogP contribution in [0, 0.1) is 0 Å². The quantitative estimate of drug-likeness (QED) is 0.423. The molecule has 2 aromatic carbocycles. The summed E-state index contributed by atoms with van der Waals surface area (Å²) < 4.78 is 14.1. The second-order valence-electron chi connectivity index (χ2n) is 8.94. The smallest absolute Gasteiger partial charge is 0.205 e. The van der Waals surface area contributed by atoms with Gasteiger partial charge in [-0.25, -0.2) is 9.97 Å². The molecule has 2 aliphatic heterocycles. The van der Waals surface area contributed by atoms with E-state index < -0.39 is 0 Å². The molecule has 2 aromatic heterocycles. The Labute approximate surface area is 192 Å². The summed E-state index contributed by atoms with van der Waals surface area (Å²) in [6, 6.07) is 16.5. The summed E-state index contributed by atoms with van der Waals surface area (Å²) >= 11 is 0. The summed E-state index contributed by atoms with van der Waals surface area (Å²) in [4.78, 5) is 15.6. The van der Waals surface area contributed by atoms with Crippen LogP contribution in [0.5, 0.6) is 0 Å². The van der Waals surface area contributed by atoms with Crippen molar-refractivity contribution >= 4 is 34.0 Å². The number of hydrogen-bond donors (Lipinski definition) is 2. The third-order valence-corrected chi connectivity index (χ3v) is 6.60. The number of rotatable bonds is 8. The number of H-pyrrole nitrogens is 1. The molecule has 4 heterocycles. The van der Waals surface area contributed by atoms with Gasteiger partial charge in [0.05, 0.1) is 34.3 Å². The Morgan fingerprint density at radius 1 is 0.939 bits per heavy atom. The minimum absolute atomic E-state index is 0.205. The number of hydrogen-bond acceptors (Lipinski definition) is 6. The highest BCUT2D eigenvalue weighted by atomic mass is 16.5. The molecule has 2 N–H and O–H groups in total. The van der Waals surface area contributed by atoms with Crippen LogP contribution in [-0.2, 0) is 16.1 Å². The van der Waals surface area contributed by atoms with Gasteiger partial charge in [-0.1, -0.05) is 24.3 Å². The number of benzene rings is 2. The van der Waals surface area contributed by atoms with Crippen LogP contribution < -0.4 is 10.2 Å². The number of imidazole rings is 2. The summed E-state index contributed by atoms with van der Waals surface area (Å²) in [5, 5.41) is 3.56. The van der Waals surface area contributed by atoms with E-state index >= 15 is 0 Å². The minimum Gasteiger partial charge on any atom is -0.376 e. The lowest BCUT2D eigenvalue weighted by Gasteiger charge is -2.26. The Bertz CT molecular complexity index is 1190. The SMILES string of the molecule is c1ccc2[nH]c(N(C[C@@H]3CCCO3)Cn3c(NC[C@@H]4CCCO4)nc4ccccc43)nc2c1. The second-order valence-corrected chi connectivity index (χ2v) is 8.94. The molecule has 6 rings (SSSR count). The zero-order chi connectivity index (χ0) is 22.0. The predicted octanol–water partition coefficient (Wildman–Crippen LogP) is 4.15. The molecule has 4 aromatic rings. The fourth-order valence-corrected chi connectivity index (χ4v) is 4.87. The third-order valence-electron chi connectivity index (χ3n) is 6.60. The van der Waals surface area contributed by atoms with E-state index in [2.05, 4.69) is 44.0 Å². The second kappa shape index (κ2) is 9.03. The van der Waals surface area contributed by atoms with Gasteiger partial charge in [0.1, 0.15) is 6.67 Å². The van der Waals surface area contributed by atoms with Crippen LogP contribution in [0.25, 0.3) is 22.1 Å². The van der Waals surface area contributed by atoms with Gasteiger partial charge < -0.3 is 24.7 Å². The van der Waals surface area contributed by atoms with Crippen molar-refractivity contribution in [3.05, 3.63) is 48.5 Å². The molecule has 8 nitrogen and oxygen atoms in total. The van der Waals surface area contributed by atoms with Crippen LogP contribution in [0.2, 0.25) is 0 Å². The average molecular weight is 447 g/mol. The van der Waals surface area contributed by atoms with E-state index in [1.165, 1.54) is 0 Å². The van der Waals surface area contributed by atoms with Crippen LogP contribution in [-0.4, -0.2) is 58.0 Å². The molecule has 0 aliphatic carbocycles. The summed E-state index contributed by atoms with van der Waals surface area (Å²) in [5.41, 5.74) is 4.09. The zero-order valence-corrected chi connectivity index (χ0v) is 18.7. The number of aromatic amines is 1. The third kappa shape index (κ3) is 4.28. The molecular weight excluding hydrogens is 416 g/mol. The number of nitrogens with one attached hydrogen (secondary N) is 2. The fourth-order valence-electron chi connectivity index (χ4n) is 4.87. The van der Waals surface area contributed by atoms with Crippen LogP contribution in [0.4, 0.5) is 11.9 Å². The monoisotopic (exact) mass is 446 g/mol. The largest absolute Gasteiger partial charge is 0.376 e. The van der Waals surface area contributed by atoms with Gasteiger partial charge in [-0.05, 0) is 49.9 Å². The van der Waals surface area contributed by atoms with Crippen molar-refractivity contribution in [1.82, 2.24) is 19.5 Å². The van der Waals surface area contributed by atoms with E-state index in [4.69, 9.17) is 19.4 Å². The first kappa shape index (κ1) is 20.5. The van der Waals surface area contributed by atoms with Crippen molar-refractivity contribution in [2.24, 2.45) is 0 Å². The highest BCUT2D eigenvalue weighted by Gasteiger charge is 2.24. The highest BCUT2D eigenvalue weighted by molar-refractivity contribution is 5.79. The van der Waals surface area contributed by atoms with Gasteiger partial charge in [-0.2, -0.15) is 0 Å². The zero-order valence-electron chi connectivity index (χ0n) is 18.7. The first-order valence-corrected chi connectivity index (χ1v) is 12.0. The Morgan fingerprint density at radius 2 is 1.70 bits per heavy atom. The number of para-hydroxylation sites is 4. The number of fused-ring (bicyclic) bond motifs is 2. The van der Waals surface area contributed by atoms with Crippen molar-refractivity contribution in [3.63, 3.8) is 0 Å². The van der Waals surface area contributed by atoms with Gasteiger partial charge in [0.2, 0.25) is 11.9 Å². The molecule has 172 valence electrons. The van der Waals surface area contributed by atoms with E-state index in [9.17, 15) is 0 Å². The maximum atomic E-state index is 5.99. The van der Waals surface area contributed by atoms with E-state index in [1.54, 1.807) is 0 Å². The molecule has 0 unspecified atom stereocenters. The van der Waals surface area contributed by atoms with Gasteiger partial charge in [0.15, 0.2) is 0 Å². The normalized spacial score (nSPS) is 20.7. The lowest BCUT2D eigenvalue weighted by molar-refractivity contribution is 0.114. The topological polar surface area (TPSA) is 80.2 Å². The van der Waals surface area contributed by atoms with Crippen molar-refractivity contribution in [3.8, 4) is 0 Å². The molecule has 2 saturated heterocycles. The van der Waals surface area contributed by atoms with Crippen molar-refractivity contribution in [2.45, 2.75) is 44.6 Å². The van der Waals surface area contributed by atoms with Gasteiger partial charge >= 0.3 is 0 Å². The summed E-state index contributed by atoms with van der Waals surface area (Å²) in [7, 11) is 0. The lowest BCUT2D eigenvalue weighted by Crippen LogP contribution is -2.35. The van der Waals surface area contributed by atoms with Gasteiger partial charge in [-0.3, -0.25) is 4.57 Å². The summed E-state index contributed by atoms with van der Waals surface area (Å²) in [6.45, 7) is 3.84. The molecule has 0 radical (unpaired) electrons. The molecule has 2 fully saturated rings. The molecule has 0 spiro atoms. The van der Waals surface area contributed by atoms with E-state index in [0.29, 0.717) is 6.67 Å². The van der Waals surface area contributed by atoms with Crippen molar-refractivity contribution in [1.29, 1.82) is 0 Å². The molecular formula is C25H30N6O2. The van der Waals surface area contributed by atoms with Crippen LogP contribution in [0.15, 0.2) is 48.5 Å². The van der Waals surface area contributed by atoms with Crippen LogP contribution in [0.1, 0.15) is 25.7 Å². The maximum absolute atomic E-state index is 5.99. The van der Waals surface area contributed by atoms with Crippen LogP contribution in [0.3, 0.4) is 0 Å². The van der Waals surface area contributed by atoms with Gasteiger partial charge in [0.25, 0.3) is 0 Å². The van der Waals surface area contributed by atoms with E-state index in [1.807, 2.05) is 24.3 Å². The Hall–Kier alpha value is -3.10. The summed E-state index contributed by atoms with van der Waals surface area (Å²) in [5.74, 6) is 1.72.